The van der Waals surface area contributed by atoms with Crippen molar-refractivity contribution in [2.45, 2.75) is 58.9 Å². The summed E-state index contributed by atoms with van der Waals surface area (Å²) in [5, 5.41) is 3.16. The summed E-state index contributed by atoms with van der Waals surface area (Å²) in [6, 6.07) is 8.26. The van der Waals surface area contributed by atoms with Crippen molar-refractivity contribution < 1.29 is 9.59 Å². The fourth-order valence-electron chi connectivity index (χ4n) is 3.33. The van der Waals surface area contributed by atoms with E-state index >= 15 is 0 Å². The second kappa shape index (κ2) is 8.86. The molecule has 0 radical (unpaired) electrons. The molecule has 1 aromatic rings. The van der Waals surface area contributed by atoms with Crippen LogP contribution in [0, 0.1) is 12.8 Å². The van der Waals surface area contributed by atoms with Crippen molar-refractivity contribution in [3.05, 3.63) is 35.4 Å². The Balaban J connectivity index is 1.81. The molecular weight excluding hydrogens is 300 g/mol. The van der Waals surface area contributed by atoms with Gasteiger partial charge in [-0.15, -0.1) is 0 Å². The molecule has 0 aromatic heterocycles. The van der Waals surface area contributed by atoms with Gasteiger partial charge < -0.3 is 10.2 Å². The van der Waals surface area contributed by atoms with E-state index in [1.807, 2.05) is 36.1 Å². The van der Waals surface area contributed by atoms with E-state index in [0.29, 0.717) is 6.42 Å². The number of benzene rings is 1. The molecule has 24 heavy (non-hydrogen) atoms. The predicted octanol–water partition coefficient (Wildman–Crippen LogP) is 3.08. The highest BCUT2D eigenvalue weighted by atomic mass is 16.2. The standard InChI is InChI=1S/C20H30N2O2/c1-4-16(5-2)20(24)21-18-10-12-22(13-11-18)19(23)14-17-9-7-6-8-15(17)3/h6-9,16,18H,4-5,10-14H2,1-3H3,(H,21,24). The number of likely N-dealkylation sites (tertiary alicyclic amines) is 1. The lowest BCUT2D eigenvalue weighted by molar-refractivity contribution is -0.131. The van der Waals surface area contributed by atoms with E-state index in [9.17, 15) is 9.59 Å². The van der Waals surface area contributed by atoms with Gasteiger partial charge in [0.1, 0.15) is 0 Å². The summed E-state index contributed by atoms with van der Waals surface area (Å²) in [6.07, 6.45) is 3.94. The summed E-state index contributed by atoms with van der Waals surface area (Å²) in [6.45, 7) is 7.63. The molecule has 1 aromatic carbocycles. The summed E-state index contributed by atoms with van der Waals surface area (Å²) in [4.78, 5) is 26.6. The fourth-order valence-corrected chi connectivity index (χ4v) is 3.33. The fraction of sp³-hybridized carbons (Fsp3) is 0.600. The van der Waals surface area contributed by atoms with Crippen LogP contribution in [0.1, 0.15) is 50.7 Å². The van der Waals surface area contributed by atoms with Crippen LogP contribution < -0.4 is 5.32 Å². The zero-order chi connectivity index (χ0) is 17.5. The van der Waals surface area contributed by atoms with Crippen LogP contribution in [-0.4, -0.2) is 35.8 Å². The van der Waals surface area contributed by atoms with Crippen LogP contribution >= 0.6 is 0 Å². The van der Waals surface area contributed by atoms with Crippen molar-refractivity contribution >= 4 is 11.8 Å². The Morgan fingerprint density at radius 1 is 1.17 bits per heavy atom. The predicted molar refractivity (Wildman–Crippen MR) is 96.7 cm³/mol. The Hall–Kier alpha value is -1.84. The molecule has 2 rings (SSSR count). The number of piperidine rings is 1. The van der Waals surface area contributed by atoms with E-state index in [-0.39, 0.29) is 23.8 Å². The first-order valence-electron chi connectivity index (χ1n) is 9.17. The number of carbonyl (C=O) groups is 2. The van der Waals surface area contributed by atoms with Crippen LogP contribution in [0.3, 0.4) is 0 Å². The van der Waals surface area contributed by atoms with E-state index < -0.39 is 0 Å². The molecule has 0 bridgehead atoms. The molecule has 1 fully saturated rings. The van der Waals surface area contributed by atoms with Crippen molar-refractivity contribution in [1.29, 1.82) is 0 Å². The van der Waals surface area contributed by atoms with Crippen LogP contribution in [0.15, 0.2) is 24.3 Å². The normalized spacial score (nSPS) is 15.6. The van der Waals surface area contributed by atoms with Crippen LogP contribution in [0.5, 0.6) is 0 Å². The smallest absolute Gasteiger partial charge is 0.227 e. The third-order valence-corrected chi connectivity index (χ3v) is 5.15. The maximum Gasteiger partial charge on any atom is 0.227 e. The minimum atomic E-state index is 0.116. The average molecular weight is 330 g/mol. The number of nitrogens with zero attached hydrogens (tertiary/aromatic N) is 1. The van der Waals surface area contributed by atoms with Crippen molar-refractivity contribution in [3.8, 4) is 0 Å². The maximum absolute atomic E-state index is 12.5. The van der Waals surface area contributed by atoms with Gasteiger partial charge in [0.05, 0.1) is 6.42 Å². The van der Waals surface area contributed by atoms with Crippen molar-refractivity contribution in [1.82, 2.24) is 10.2 Å². The maximum atomic E-state index is 12.5. The lowest BCUT2D eigenvalue weighted by Gasteiger charge is -2.33. The summed E-state index contributed by atoms with van der Waals surface area (Å²) < 4.78 is 0. The Morgan fingerprint density at radius 2 is 1.79 bits per heavy atom. The lowest BCUT2D eigenvalue weighted by Crippen LogP contribution is -2.48. The Bertz CT molecular complexity index is 559. The zero-order valence-corrected chi connectivity index (χ0v) is 15.2. The quantitative estimate of drug-likeness (QED) is 0.871. The van der Waals surface area contributed by atoms with Crippen LogP contribution in [0.2, 0.25) is 0 Å². The van der Waals surface area contributed by atoms with Crippen LogP contribution in [0.4, 0.5) is 0 Å². The molecule has 4 heteroatoms. The molecule has 1 N–H and O–H groups in total. The van der Waals surface area contributed by atoms with Gasteiger partial charge in [-0.05, 0) is 43.7 Å². The molecule has 1 saturated heterocycles. The molecule has 132 valence electrons. The number of hydrogen-bond donors (Lipinski definition) is 1. The molecule has 2 amide bonds. The highest BCUT2D eigenvalue weighted by Gasteiger charge is 2.25. The monoisotopic (exact) mass is 330 g/mol. The molecule has 0 saturated carbocycles. The number of hydrogen-bond acceptors (Lipinski definition) is 2. The largest absolute Gasteiger partial charge is 0.353 e. The summed E-state index contributed by atoms with van der Waals surface area (Å²) in [5.74, 6) is 0.476. The molecule has 4 nitrogen and oxygen atoms in total. The molecule has 1 aliphatic rings. The number of nitrogens with one attached hydrogen (secondary N) is 1. The summed E-state index contributed by atoms with van der Waals surface area (Å²) in [7, 11) is 0. The highest BCUT2D eigenvalue weighted by Crippen LogP contribution is 2.16. The third kappa shape index (κ3) is 4.83. The van der Waals surface area contributed by atoms with Gasteiger partial charge in [0, 0.05) is 25.0 Å². The van der Waals surface area contributed by atoms with Gasteiger partial charge in [-0.3, -0.25) is 9.59 Å². The van der Waals surface area contributed by atoms with Gasteiger partial charge >= 0.3 is 0 Å². The Kier molecular flexibility index (Phi) is 6.83. The number of rotatable bonds is 6. The highest BCUT2D eigenvalue weighted by molar-refractivity contribution is 5.80. The van der Waals surface area contributed by atoms with Gasteiger partial charge in [0.15, 0.2) is 0 Å². The van der Waals surface area contributed by atoms with Gasteiger partial charge in [-0.1, -0.05) is 38.1 Å². The first-order valence-corrected chi connectivity index (χ1v) is 9.17. The molecule has 1 aliphatic heterocycles. The topological polar surface area (TPSA) is 49.4 Å². The van der Waals surface area contributed by atoms with Crippen LogP contribution in [0.25, 0.3) is 0 Å². The van der Waals surface area contributed by atoms with Crippen molar-refractivity contribution in [2.24, 2.45) is 5.92 Å². The number of carbonyl (C=O) groups excluding carboxylic acids is 2. The van der Waals surface area contributed by atoms with Gasteiger partial charge in [-0.25, -0.2) is 0 Å². The minimum absolute atomic E-state index is 0.116. The molecule has 0 aliphatic carbocycles. The number of aryl methyl sites for hydroxylation is 1. The van der Waals surface area contributed by atoms with E-state index in [0.717, 1.165) is 49.9 Å². The summed E-state index contributed by atoms with van der Waals surface area (Å²) in [5.41, 5.74) is 2.27. The van der Waals surface area contributed by atoms with Gasteiger partial charge in [0.25, 0.3) is 0 Å². The first kappa shape index (κ1) is 18.5. The van der Waals surface area contributed by atoms with Crippen molar-refractivity contribution in [2.75, 3.05) is 13.1 Å². The van der Waals surface area contributed by atoms with E-state index in [4.69, 9.17) is 0 Å². The van der Waals surface area contributed by atoms with E-state index in [1.165, 1.54) is 0 Å². The Morgan fingerprint density at radius 3 is 2.38 bits per heavy atom. The summed E-state index contributed by atoms with van der Waals surface area (Å²) >= 11 is 0. The second-order valence-corrected chi connectivity index (χ2v) is 6.78. The lowest BCUT2D eigenvalue weighted by atomic mass is 9.99. The molecule has 0 spiro atoms. The minimum Gasteiger partial charge on any atom is -0.353 e. The average Bonchev–Trinajstić information content (AvgIpc) is 2.58. The van der Waals surface area contributed by atoms with Gasteiger partial charge in [-0.2, -0.15) is 0 Å². The van der Waals surface area contributed by atoms with E-state index in [1.54, 1.807) is 0 Å². The second-order valence-electron chi connectivity index (χ2n) is 6.78. The SMILES string of the molecule is CCC(CC)C(=O)NC1CCN(C(=O)Cc2ccccc2C)CC1. The molecular formula is C20H30N2O2. The third-order valence-electron chi connectivity index (χ3n) is 5.15. The molecule has 0 unspecified atom stereocenters. The zero-order valence-electron chi connectivity index (χ0n) is 15.2. The molecule has 1 heterocycles. The van der Waals surface area contributed by atoms with Gasteiger partial charge in [0.2, 0.25) is 11.8 Å². The molecule has 0 atom stereocenters. The van der Waals surface area contributed by atoms with Crippen LogP contribution in [-0.2, 0) is 16.0 Å². The van der Waals surface area contributed by atoms with Crippen molar-refractivity contribution in [3.63, 3.8) is 0 Å². The number of amides is 2. The first-order chi connectivity index (χ1) is 11.5. The Labute approximate surface area is 145 Å². The van der Waals surface area contributed by atoms with E-state index in [2.05, 4.69) is 19.2 Å².